The largest absolute Gasteiger partial charge is 0.465 e. The summed E-state index contributed by atoms with van der Waals surface area (Å²) in [7, 11) is 0. The van der Waals surface area contributed by atoms with E-state index in [2.05, 4.69) is 11.9 Å². The van der Waals surface area contributed by atoms with Gasteiger partial charge in [0.15, 0.2) is 0 Å². The zero-order valence-electron chi connectivity index (χ0n) is 9.53. The van der Waals surface area contributed by atoms with E-state index in [1.165, 1.54) is 12.1 Å². The van der Waals surface area contributed by atoms with Crippen molar-refractivity contribution in [3.63, 3.8) is 0 Å². The Labute approximate surface area is 109 Å². The molecule has 2 N–H and O–H groups in total. The van der Waals surface area contributed by atoms with Gasteiger partial charge in [-0.3, -0.25) is 0 Å². The second kappa shape index (κ2) is 6.98. The summed E-state index contributed by atoms with van der Waals surface area (Å²) in [5.74, 6) is -0.602. The Kier molecular flexibility index (Phi) is 5.61. The summed E-state index contributed by atoms with van der Waals surface area (Å²) in [5, 5.41) is 11.0. The summed E-state index contributed by atoms with van der Waals surface area (Å²) in [6, 6.07) is 3.44. The maximum Gasteiger partial charge on any atom is 0.405 e. The van der Waals surface area contributed by atoms with Crippen molar-refractivity contribution >= 4 is 17.7 Å². The summed E-state index contributed by atoms with van der Waals surface area (Å²) in [6.07, 6.45) is 0.331. The smallest absolute Gasteiger partial charge is 0.405 e. The molecule has 1 unspecified atom stereocenters. The lowest BCUT2D eigenvalue weighted by Gasteiger charge is -2.17. The van der Waals surface area contributed by atoms with Gasteiger partial charge in [0.25, 0.3) is 0 Å². The summed E-state index contributed by atoms with van der Waals surface area (Å²) in [6.45, 7) is 3.85. The van der Waals surface area contributed by atoms with E-state index in [4.69, 9.17) is 21.4 Å². The maximum atomic E-state index is 13.3. The van der Waals surface area contributed by atoms with Gasteiger partial charge in [-0.15, -0.1) is 6.58 Å². The monoisotopic (exact) mass is 273 g/mol. The molecular formula is C12H13ClFNO3. The predicted molar refractivity (Wildman–Crippen MR) is 66.3 cm³/mol. The lowest BCUT2D eigenvalue weighted by molar-refractivity contribution is 0.129. The minimum Gasteiger partial charge on any atom is -0.465 e. The Morgan fingerprint density at radius 1 is 1.67 bits per heavy atom. The van der Waals surface area contributed by atoms with Gasteiger partial charge in [-0.1, -0.05) is 23.7 Å². The summed E-state index contributed by atoms with van der Waals surface area (Å²) < 4.78 is 18.5. The molecule has 6 heteroatoms. The first-order chi connectivity index (χ1) is 8.54. The van der Waals surface area contributed by atoms with Crippen molar-refractivity contribution in [2.45, 2.75) is 6.04 Å². The van der Waals surface area contributed by atoms with Crippen molar-refractivity contribution in [1.82, 2.24) is 5.32 Å². The van der Waals surface area contributed by atoms with Crippen molar-refractivity contribution in [3.8, 4) is 0 Å². The van der Waals surface area contributed by atoms with Gasteiger partial charge in [-0.05, 0) is 17.7 Å². The van der Waals surface area contributed by atoms with E-state index in [-0.39, 0.29) is 18.2 Å². The van der Waals surface area contributed by atoms with Crippen LogP contribution in [0.15, 0.2) is 30.9 Å². The molecule has 0 fully saturated rings. The van der Waals surface area contributed by atoms with Crippen LogP contribution < -0.4 is 5.32 Å². The molecule has 1 aromatic rings. The highest BCUT2D eigenvalue weighted by Gasteiger charge is 2.15. The van der Waals surface area contributed by atoms with Crippen molar-refractivity contribution in [2.75, 3.05) is 13.2 Å². The van der Waals surface area contributed by atoms with Crippen LogP contribution in [0.25, 0.3) is 0 Å². The van der Waals surface area contributed by atoms with Crippen LogP contribution >= 0.6 is 11.6 Å². The minimum absolute atomic E-state index is 0.0140. The van der Waals surface area contributed by atoms with Crippen LogP contribution in [0.1, 0.15) is 11.6 Å². The van der Waals surface area contributed by atoms with Crippen molar-refractivity contribution in [3.05, 3.63) is 47.3 Å². The molecule has 0 aliphatic rings. The Bertz CT molecular complexity index is 439. The summed E-state index contributed by atoms with van der Waals surface area (Å²) in [5.41, 5.74) is 0.448. The van der Waals surface area contributed by atoms with Gasteiger partial charge in [0, 0.05) is 0 Å². The van der Waals surface area contributed by atoms with Crippen molar-refractivity contribution in [1.29, 1.82) is 0 Å². The lowest BCUT2D eigenvalue weighted by Crippen LogP contribution is -2.30. The van der Waals surface area contributed by atoms with Gasteiger partial charge in [0.05, 0.1) is 24.3 Å². The molecule has 98 valence electrons. The number of nitrogens with one attached hydrogen (secondary N) is 1. The van der Waals surface area contributed by atoms with Gasteiger partial charge in [-0.2, -0.15) is 0 Å². The Morgan fingerprint density at radius 3 is 2.94 bits per heavy atom. The number of amides is 1. The van der Waals surface area contributed by atoms with Gasteiger partial charge in [0.1, 0.15) is 5.82 Å². The number of hydrogen-bond donors (Lipinski definition) is 2. The SMILES string of the molecule is C=CCOCC(NC(=O)O)c1ccc(Cl)c(F)c1. The molecule has 0 spiro atoms. The van der Waals surface area contributed by atoms with Crippen LogP contribution in [0, 0.1) is 5.82 Å². The third-order valence-electron chi connectivity index (χ3n) is 2.16. The normalized spacial score (nSPS) is 11.9. The molecule has 0 aromatic heterocycles. The Balaban J connectivity index is 2.82. The maximum absolute atomic E-state index is 13.3. The van der Waals surface area contributed by atoms with E-state index in [0.717, 1.165) is 0 Å². The Hall–Kier alpha value is -1.59. The van der Waals surface area contributed by atoms with Crippen LogP contribution in [-0.2, 0) is 4.74 Å². The topological polar surface area (TPSA) is 58.6 Å². The molecule has 0 aliphatic carbocycles. The van der Waals surface area contributed by atoms with Gasteiger partial charge in [0.2, 0.25) is 0 Å². The minimum atomic E-state index is -1.21. The molecule has 0 saturated heterocycles. The van der Waals surface area contributed by atoms with Gasteiger partial charge < -0.3 is 15.2 Å². The first-order valence-corrected chi connectivity index (χ1v) is 5.55. The molecule has 0 aliphatic heterocycles. The first kappa shape index (κ1) is 14.5. The number of benzene rings is 1. The van der Waals surface area contributed by atoms with Crippen LogP contribution in [-0.4, -0.2) is 24.4 Å². The second-order valence-electron chi connectivity index (χ2n) is 3.50. The van der Waals surface area contributed by atoms with Crippen LogP contribution in [0.4, 0.5) is 9.18 Å². The fourth-order valence-corrected chi connectivity index (χ4v) is 1.49. The number of hydrogen-bond acceptors (Lipinski definition) is 2. The van der Waals surface area contributed by atoms with E-state index in [9.17, 15) is 9.18 Å². The quantitative estimate of drug-likeness (QED) is 0.619. The van der Waals surface area contributed by atoms with Crippen LogP contribution in [0.5, 0.6) is 0 Å². The summed E-state index contributed by atoms with van der Waals surface area (Å²) in [4.78, 5) is 10.7. The molecule has 1 atom stereocenters. The summed E-state index contributed by atoms with van der Waals surface area (Å²) >= 11 is 5.56. The van der Waals surface area contributed by atoms with E-state index >= 15 is 0 Å². The third-order valence-corrected chi connectivity index (χ3v) is 2.47. The highest BCUT2D eigenvalue weighted by atomic mass is 35.5. The highest BCUT2D eigenvalue weighted by molar-refractivity contribution is 6.30. The standard InChI is InChI=1S/C12H13ClFNO3/c1-2-5-18-7-11(15-12(16)17)8-3-4-9(13)10(14)6-8/h2-4,6,11,15H,1,5,7H2,(H,16,17). The zero-order chi connectivity index (χ0) is 13.5. The fraction of sp³-hybridized carbons (Fsp3) is 0.250. The zero-order valence-corrected chi connectivity index (χ0v) is 10.3. The van der Waals surface area contributed by atoms with Crippen LogP contribution in [0.2, 0.25) is 5.02 Å². The van der Waals surface area contributed by atoms with E-state index in [0.29, 0.717) is 5.56 Å². The van der Waals surface area contributed by atoms with E-state index < -0.39 is 18.0 Å². The molecule has 18 heavy (non-hydrogen) atoms. The van der Waals surface area contributed by atoms with Crippen molar-refractivity contribution < 1.29 is 19.0 Å². The number of halogens is 2. The average Bonchev–Trinajstić information content (AvgIpc) is 2.31. The molecule has 0 bridgehead atoms. The average molecular weight is 274 g/mol. The second-order valence-corrected chi connectivity index (χ2v) is 3.91. The van der Waals surface area contributed by atoms with E-state index in [1.807, 2.05) is 0 Å². The fourth-order valence-electron chi connectivity index (χ4n) is 1.37. The predicted octanol–water partition coefficient (Wildman–Crippen LogP) is 2.99. The van der Waals surface area contributed by atoms with E-state index in [1.54, 1.807) is 12.1 Å². The highest BCUT2D eigenvalue weighted by Crippen LogP contribution is 2.20. The molecule has 1 amide bonds. The molecule has 0 heterocycles. The molecule has 0 radical (unpaired) electrons. The first-order valence-electron chi connectivity index (χ1n) is 5.17. The van der Waals surface area contributed by atoms with Crippen LogP contribution in [0.3, 0.4) is 0 Å². The third kappa shape index (κ3) is 4.35. The molecular weight excluding hydrogens is 261 g/mol. The number of carbonyl (C=O) groups is 1. The molecule has 1 rings (SSSR count). The molecule has 0 saturated carbocycles. The van der Waals surface area contributed by atoms with Gasteiger partial charge >= 0.3 is 6.09 Å². The van der Waals surface area contributed by atoms with Gasteiger partial charge in [-0.25, -0.2) is 9.18 Å². The number of ether oxygens (including phenoxy) is 1. The Morgan fingerprint density at radius 2 is 2.39 bits per heavy atom. The van der Waals surface area contributed by atoms with Crippen molar-refractivity contribution in [2.24, 2.45) is 0 Å². The molecule has 1 aromatic carbocycles. The molecule has 4 nitrogen and oxygen atoms in total. The lowest BCUT2D eigenvalue weighted by atomic mass is 10.1. The number of carboxylic acid groups (broad SMARTS) is 1. The number of rotatable bonds is 6.